The van der Waals surface area contributed by atoms with Crippen molar-refractivity contribution in [2.45, 2.75) is 18.9 Å². The summed E-state index contributed by atoms with van der Waals surface area (Å²) in [5.41, 5.74) is 1.04. The number of carbonyl (C=O) groups excluding carboxylic acids is 2. The highest BCUT2D eigenvalue weighted by atomic mass is 35.5. The highest BCUT2D eigenvalue weighted by Gasteiger charge is 2.26. The molecule has 7 heteroatoms. The number of rotatable bonds is 4. The van der Waals surface area contributed by atoms with Crippen molar-refractivity contribution in [2.75, 3.05) is 20.2 Å². The van der Waals surface area contributed by atoms with Crippen LogP contribution in [-0.4, -0.2) is 47.9 Å². The summed E-state index contributed by atoms with van der Waals surface area (Å²) in [6.07, 6.45) is 4.58. The second kappa shape index (κ2) is 8.19. The van der Waals surface area contributed by atoms with Crippen LogP contribution in [0.4, 0.5) is 0 Å². The molecule has 1 aliphatic rings. The molecule has 6 nitrogen and oxygen atoms in total. The van der Waals surface area contributed by atoms with Crippen LogP contribution in [0.15, 0.2) is 42.7 Å². The van der Waals surface area contributed by atoms with Gasteiger partial charge in [-0.25, -0.2) is 0 Å². The first-order chi connectivity index (χ1) is 12.6. The van der Waals surface area contributed by atoms with Crippen LogP contribution in [0.5, 0.6) is 5.75 Å². The van der Waals surface area contributed by atoms with Crippen LogP contribution in [0, 0.1) is 0 Å². The van der Waals surface area contributed by atoms with Gasteiger partial charge in [0.25, 0.3) is 11.8 Å². The first-order valence-corrected chi connectivity index (χ1v) is 8.80. The number of ether oxygens (including phenoxy) is 1. The van der Waals surface area contributed by atoms with Gasteiger partial charge in [0.05, 0.1) is 12.7 Å². The molecular formula is C19H20ClN3O3. The molecule has 26 heavy (non-hydrogen) atoms. The van der Waals surface area contributed by atoms with Crippen molar-refractivity contribution in [3.8, 4) is 5.75 Å². The summed E-state index contributed by atoms with van der Waals surface area (Å²) >= 11 is 6.02. The summed E-state index contributed by atoms with van der Waals surface area (Å²) in [5.74, 6) is 0.282. The molecule has 1 saturated heterocycles. The maximum atomic E-state index is 12.8. The van der Waals surface area contributed by atoms with Crippen molar-refractivity contribution in [1.82, 2.24) is 15.2 Å². The van der Waals surface area contributed by atoms with Crippen LogP contribution in [0.2, 0.25) is 5.02 Å². The Bertz CT molecular complexity index is 790. The van der Waals surface area contributed by atoms with Crippen LogP contribution < -0.4 is 10.1 Å². The van der Waals surface area contributed by atoms with E-state index in [1.807, 2.05) is 0 Å². The maximum absolute atomic E-state index is 12.8. The number of piperidine rings is 1. The average molecular weight is 374 g/mol. The van der Waals surface area contributed by atoms with Gasteiger partial charge in [-0.3, -0.25) is 14.6 Å². The summed E-state index contributed by atoms with van der Waals surface area (Å²) in [6, 6.07) is 8.41. The van der Waals surface area contributed by atoms with Crippen molar-refractivity contribution in [1.29, 1.82) is 0 Å². The second-order valence-corrected chi connectivity index (χ2v) is 6.56. The molecule has 2 aromatic rings. The van der Waals surface area contributed by atoms with Gasteiger partial charge in [-0.2, -0.15) is 0 Å². The fraction of sp³-hybridized carbons (Fsp3) is 0.316. The van der Waals surface area contributed by atoms with Gasteiger partial charge in [-0.05, 0) is 43.2 Å². The van der Waals surface area contributed by atoms with E-state index >= 15 is 0 Å². The molecule has 0 saturated carbocycles. The minimum atomic E-state index is -0.117. The number of halogens is 1. The topological polar surface area (TPSA) is 71.5 Å². The van der Waals surface area contributed by atoms with E-state index in [-0.39, 0.29) is 17.9 Å². The quantitative estimate of drug-likeness (QED) is 0.894. The highest BCUT2D eigenvalue weighted by Crippen LogP contribution is 2.25. The Morgan fingerprint density at radius 1 is 1.19 bits per heavy atom. The zero-order chi connectivity index (χ0) is 18.5. The molecular weight excluding hydrogens is 354 g/mol. The van der Waals surface area contributed by atoms with Gasteiger partial charge in [0.1, 0.15) is 5.75 Å². The van der Waals surface area contributed by atoms with Crippen LogP contribution >= 0.6 is 11.6 Å². The monoisotopic (exact) mass is 373 g/mol. The molecule has 0 aliphatic carbocycles. The Morgan fingerprint density at radius 2 is 1.88 bits per heavy atom. The molecule has 0 bridgehead atoms. The number of hydrogen-bond donors (Lipinski definition) is 1. The molecule has 0 spiro atoms. The third-order valence-electron chi connectivity index (χ3n) is 4.45. The number of nitrogens with zero attached hydrogens (tertiary/aromatic N) is 2. The van der Waals surface area contributed by atoms with Crippen LogP contribution in [0.25, 0.3) is 0 Å². The van der Waals surface area contributed by atoms with Gasteiger partial charge in [0, 0.05) is 42.1 Å². The van der Waals surface area contributed by atoms with Crippen molar-refractivity contribution >= 4 is 23.4 Å². The lowest BCUT2D eigenvalue weighted by atomic mass is 10.0. The van der Waals surface area contributed by atoms with Crippen LogP contribution in [0.3, 0.4) is 0 Å². The molecule has 1 N–H and O–H groups in total. The van der Waals surface area contributed by atoms with E-state index in [2.05, 4.69) is 10.3 Å². The molecule has 0 unspecified atom stereocenters. The Morgan fingerprint density at radius 3 is 2.54 bits per heavy atom. The smallest absolute Gasteiger partial charge is 0.257 e. The zero-order valence-electron chi connectivity index (χ0n) is 14.4. The summed E-state index contributed by atoms with van der Waals surface area (Å²) in [7, 11) is 1.53. The minimum Gasteiger partial charge on any atom is -0.496 e. The van der Waals surface area contributed by atoms with Crippen LogP contribution in [-0.2, 0) is 0 Å². The maximum Gasteiger partial charge on any atom is 0.257 e. The van der Waals surface area contributed by atoms with Crippen molar-refractivity contribution in [3.63, 3.8) is 0 Å². The van der Waals surface area contributed by atoms with Gasteiger partial charge >= 0.3 is 0 Å². The predicted octanol–water partition coefficient (Wildman–Crippen LogP) is 2.78. The standard InChI is InChI=1S/C19H20ClN3O3/c1-26-17-3-2-14(20)12-16(17)19(25)23-10-6-15(7-11-23)22-18(24)13-4-8-21-9-5-13/h2-5,8-9,12,15H,6-7,10-11H2,1H3,(H,22,24). The highest BCUT2D eigenvalue weighted by molar-refractivity contribution is 6.31. The molecule has 0 atom stereocenters. The van der Waals surface area contributed by atoms with Gasteiger partial charge in [0.2, 0.25) is 0 Å². The fourth-order valence-corrected chi connectivity index (χ4v) is 3.19. The summed E-state index contributed by atoms with van der Waals surface area (Å²) in [4.78, 5) is 30.7. The molecule has 1 fully saturated rings. The van der Waals surface area contributed by atoms with Gasteiger partial charge in [-0.1, -0.05) is 11.6 Å². The number of amides is 2. The van der Waals surface area contributed by atoms with E-state index < -0.39 is 0 Å². The predicted molar refractivity (Wildman–Crippen MR) is 98.6 cm³/mol. The number of hydrogen-bond acceptors (Lipinski definition) is 4. The second-order valence-electron chi connectivity index (χ2n) is 6.12. The SMILES string of the molecule is COc1ccc(Cl)cc1C(=O)N1CCC(NC(=O)c2ccncc2)CC1. The normalized spacial score (nSPS) is 14.8. The first-order valence-electron chi connectivity index (χ1n) is 8.42. The number of carbonyl (C=O) groups is 2. The van der Waals surface area contributed by atoms with Gasteiger partial charge < -0.3 is 15.0 Å². The summed E-state index contributed by atoms with van der Waals surface area (Å²) in [5, 5.41) is 3.51. The van der Waals surface area contributed by atoms with Crippen molar-refractivity contribution in [2.24, 2.45) is 0 Å². The number of pyridine rings is 1. The molecule has 136 valence electrons. The van der Waals surface area contributed by atoms with Gasteiger partial charge in [-0.15, -0.1) is 0 Å². The zero-order valence-corrected chi connectivity index (χ0v) is 15.2. The third-order valence-corrected chi connectivity index (χ3v) is 4.69. The fourth-order valence-electron chi connectivity index (χ4n) is 3.02. The van der Waals surface area contributed by atoms with E-state index in [0.29, 0.717) is 47.8 Å². The number of nitrogens with one attached hydrogen (secondary N) is 1. The van der Waals surface area contributed by atoms with E-state index in [1.54, 1.807) is 47.6 Å². The summed E-state index contributed by atoms with van der Waals surface area (Å²) < 4.78 is 5.27. The first kappa shape index (κ1) is 18.2. The van der Waals surface area contributed by atoms with Crippen LogP contribution in [0.1, 0.15) is 33.6 Å². The molecule has 2 heterocycles. The number of likely N-dealkylation sites (tertiary alicyclic amines) is 1. The third kappa shape index (κ3) is 4.14. The van der Waals surface area contributed by atoms with E-state index in [1.165, 1.54) is 7.11 Å². The van der Waals surface area contributed by atoms with E-state index in [0.717, 1.165) is 0 Å². The Labute approximate surface area is 157 Å². The molecule has 3 rings (SSSR count). The number of benzene rings is 1. The molecule has 0 radical (unpaired) electrons. The Hall–Kier alpha value is -2.60. The van der Waals surface area contributed by atoms with Crippen molar-refractivity contribution < 1.29 is 14.3 Å². The average Bonchev–Trinajstić information content (AvgIpc) is 2.68. The number of aromatic nitrogens is 1. The number of methoxy groups -OCH3 is 1. The largest absolute Gasteiger partial charge is 0.496 e. The molecule has 2 amide bonds. The lowest BCUT2D eigenvalue weighted by Crippen LogP contribution is -2.46. The van der Waals surface area contributed by atoms with Gasteiger partial charge in [0.15, 0.2) is 0 Å². The molecule has 1 aromatic carbocycles. The lowest BCUT2D eigenvalue weighted by molar-refractivity contribution is 0.0695. The summed E-state index contributed by atoms with van der Waals surface area (Å²) in [6.45, 7) is 1.13. The van der Waals surface area contributed by atoms with Crippen molar-refractivity contribution in [3.05, 3.63) is 58.9 Å². The van der Waals surface area contributed by atoms with E-state index in [4.69, 9.17) is 16.3 Å². The van der Waals surface area contributed by atoms with E-state index in [9.17, 15) is 9.59 Å². The Kier molecular flexibility index (Phi) is 5.73. The lowest BCUT2D eigenvalue weighted by Gasteiger charge is -2.32. The minimum absolute atomic E-state index is 0.0426. The molecule has 1 aliphatic heterocycles. The Balaban J connectivity index is 1.59. The molecule has 1 aromatic heterocycles.